The molecule has 0 aliphatic rings. The maximum absolute atomic E-state index is 12.2. The molecule has 0 radical (unpaired) electrons. The number of hydrogen-bond acceptors (Lipinski definition) is 6. The Kier molecular flexibility index (Phi) is 6.65. The molecule has 0 heterocycles. The molecule has 0 unspecified atom stereocenters. The van der Waals surface area contributed by atoms with E-state index in [4.69, 9.17) is 5.14 Å². The Hall–Kier alpha value is -3.48. The molecule has 0 aromatic heterocycles. The molecule has 4 N–H and O–H groups in total. The largest absolute Gasteiger partial charge is 0.386 e. The van der Waals surface area contributed by atoms with Crippen molar-refractivity contribution in [1.29, 1.82) is 5.26 Å². The molecule has 0 aliphatic carbocycles. The topological polar surface area (TPSA) is 142 Å². The summed E-state index contributed by atoms with van der Waals surface area (Å²) in [6.45, 7) is 1.68. The second-order valence-electron chi connectivity index (χ2n) is 5.83. The Balaban J connectivity index is 2.01. The number of carbonyl (C=O) groups excluding carboxylic acids is 2. The van der Waals surface area contributed by atoms with E-state index in [1.807, 2.05) is 0 Å². The van der Waals surface area contributed by atoms with Crippen molar-refractivity contribution in [3.05, 3.63) is 71.4 Å². The molecule has 0 aliphatic heterocycles. The van der Waals surface area contributed by atoms with Gasteiger partial charge in [-0.15, -0.1) is 0 Å². The van der Waals surface area contributed by atoms with Crippen LogP contribution in [-0.4, -0.2) is 20.1 Å². The highest BCUT2D eigenvalue weighted by atomic mass is 32.2. The number of Topliss-reactive ketones (excluding diaryl/α,β-unsaturated/α-hetero) is 1. The van der Waals surface area contributed by atoms with E-state index in [-0.39, 0.29) is 22.8 Å². The molecule has 0 saturated carbocycles. The number of nitrogens with two attached hydrogens (primary N) is 1. The summed E-state index contributed by atoms with van der Waals surface area (Å²) in [6, 6.07) is 14.1. The van der Waals surface area contributed by atoms with Crippen LogP contribution in [0, 0.1) is 11.3 Å². The molecule has 0 atom stereocenters. The van der Waals surface area contributed by atoms with E-state index in [1.165, 1.54) is 31.3 Å². The first-order valence-corrected chi connectivity index (χ1v) is 9.63. The molecule has 8 nitrogen and oxygen atoms in total. The molecule has 28 heavy (non-hydrogen) atoms. The van der Waals surface area contributed by atoms with Crippen molar-refractivity contribution in [1.82, 2.24) is 5.32 Å². The predicted molar refractivity (Wildman–Crippen MR) is 103 cm³/mol. The van der Waals surface area contributed by atoms with Crippen molar-refractivity contribution in [2.24, 2.45) is 5.14 Å². The Bertz CT molecular complexity index is 1070. The second kappa shape index (κ2) is 8.94. The Morgan fingerprint density at radius 3 is 2.43 bits per heavy atom. The maximum atomic E-state index is 12.2. The van der Waals surface area contributed by atoms with Gasteiger partial charge in [0.15, 0.2) is 5.78 Å². The van der Waals surface area contributed by atoms with Crippen LogP contribution >= 0.6 is 0 Å². The van der Waals surface area contributed by atoms with Crippen LogP contribution in [0.15, 0.2) is 65.2 Å². The molecule has 1 amide bonds. The summed E-state index contributed by atoms with van der Waals surface area (Å²) in [4.78, 5) is 23.6. The van der Waals surface area contributed by atoms with Gasteiger partial charge in [-0.2, -0.15) is 5.26 Å². The highest BCUT2D eigenvalue weighted by Gasteiger charge is 2.10. The van der Waals surface area contributed by atoms with Crippen molar-refractivity contribution < 1.29 is 18.0 Å². The fourth-order valence-electron chi connectivity index (χ4n) is 2.23. The van der Waals surface area contributed by atoms with Crippen molar-refractivity contribution in [2.45, 2.75) is 18.4 Å². The highest BCUT2D eigenvalue weighted by molar-refractivity contribution is 7.89. The lowest BCUT2D eigenvalue weighted by atomic mass is 10.1. The molecule has 0 fully saturated rings. The van der Waals surface area contributed by atoms with Gasteiger partial charge in [-0.3, -0.25) is 9.59 Å². The summed E-state index contributed by atoms with van der Waals surface area (Å²) < 4.78 is 22.4. The number of anilines is 1. The minimum absolute atomic E-state index is 0.00308. The standard InChI is InChI=1S/C19H18N4O4S/c1-13(24)15-3-2-4-17(9-15)23-19(25)16(10-20)12-22-11-14-5-7-18(8-6-14)28(21,26)27/h2-9,12,22H,11H2,1H3,(H,23,25)(H2,21,26,27)/b16-12-. The van der Waals surface area contributed by atoms with Gasteiger partial charge in [0, 0.05) is 24.0 Å². The quantitative estimate of drug-likeness (QED) is 0.368. The van der Waals surface area contributed by atoms with Crippen LogP contribution in [0.1, 0.15) is 22.8 Å². The number of amides is 1. The van der Waals surface area contributed by atoms with Crippen LogP contribution in [0.5, 0.6) is 0 Å². The number of nitrogens with one attached hydrogen (secondary N) is 2. The fourth-order valence-corrected chi connectivity index (χ4v) is 2.75. The van der Waals surface area contributed by atoms with Gasteiger partial charge in [0.25, 0.3) is 5.91 Å². The van der Waals surface area contributed by atoms with E-state index in [0.29, 0.717) is 11.3 Å². The summed E-state index contributed by atoms with van der Waals surface area (Å²) in [5, 5.41) is 19.6. The summed E-state index contributed by atoms with van der Waals surface area (Å²) in [5.74, 6) is -0.762. The zero-order valence-electron chi connectivity index (χ0n) is 15.0. The third-order valence-electron chi connectivity index (χ3n) is 3.70. The zero-order valence-corrected chi connectivity index (χ0v) is 15.8. The first kappa shape index (κ1) is 20.8. The average Bonchev–Trinajstić information content (AvgIpc) is 2.65. The molecule has 9 heteroatoms. The molecular formula is C19H18N4O4S. The van der Waals surface area contributed by atoms with E-state index in [0.717, 1.165) is 5.56 Å². The third kappa shape index (κ3) is 5.77. The van der Waals surface area contributed by atoms with Gasteiger partial charge >= 0.3 is 0 Å². The lowest BCUT2D eigenvalue weighted by molar-refractivity contribution is -0.112. The van der Waals surface area contributed by atoms with Crippen LogP contribution in [0.3, 0.4) is 0 Å². The van der Waals surface area contributed by atoms with Crippen LogP contribution < -0.4 is 15.8 Å². The molecule has 0 spiro atoms. The van der Waals surface area contributed by atoms with Gasteiger partial charge in [0.2, 0.25) is 10.0 Å². The van der Waals surface area contributed by atoms with Crippen molar-refractivity contribution >= 4 is 27.4 Å². The monoisotopic (exact) mass is 398 g/mol. The minimum atomic E-state index is -3.76. The van der Waals surface area contributed by atoms with Crippen molar-refractivity contribution in [3.63, 3.8) is 0 Å². The molecule has 0 bridgehead atoms. The number of ketones is 1. The summed E-state index contributed by atoms with van der Waals surface area (Å²) in [5.41, 5.74) is 1.42. The number of nitrogens with zero attached hydrogens (tertiary/aromatic N) is 1. The molecule has 2 rings (SSSR count). The molecule has 0 saturated heterocycles. The highest BCUT2D eigenvalue weighted by Crippen LogP contribution is 2.12. The van der Waals surface area contributed by atoms with E-state index >= 15 is 0 Å². The molecule has 2 aromatic rings. The van der Waals surface area contributed by atoms with Gasteiger partial charge in [-0.1, -0.05) is 24.3 Å². The van der Waals surface area contributed by atoms with Crippen LogP contribution in [0.25, 0.3) is 0 Å². The Morgan fingerprint density at radius 1 is 1.18 bits per heavy atom. The fraction of sp³-hybridized carbons (Fsp3) is 0.105. The van der Waals surface area contributed by atoms with Crippen LogP contribution in [0.4, 0.5) is 5.69 Å². The van der Waals surface area contributed by atoms with Crippen LogP contribution in [0.2, 0.25) is 0 Å². The van der Waals surface area contributed by atoms with Crippen molar-refractivity contribution in [3.8, 4) is 6.07 Å². The predicted octanol–water partition coefficient (Wildman–Crippen LogP) is 1.67. The van der Waals surface area contributed by atoms with E-state index in [9.17, 15) is 23.3 Å². The van der Waals surface area contributed by atoms with Gasteiger partial charge in [-0.25, -0.2) is 13.6 Å². The average molecular weight is 398 g/mol. The zero-order chi connectivity index (χ0) is 20.7. The number of hydrogen-bond donors (Lipinski definition) is 3. The number of rotatable bonds is 7. The molecule has 144 valence electrons. The first-order valence-electron chi connectivity index (χ1n) is 8.08. The summed E-state index contributed by atoms with van der Waals surface area (Å²) in [7, 11) is -3.76. The number of sulfonamides is 1. The Morgan fingerprint density at radius 2 is 1.86 bits per heavy atom. The number of benzene rings is 2. The smallest absolute Gasteiger partial charge is 0.267 e. The molecule has 2 aromatic carbocycles. The minimum Gasteiger partial charge on any atom is -0.386 e. The van der Waals surface area contributed by atoms with E-state index in [1.54, 1.807) is 36.4 Å². The first-order chi connectivity index (χ1) is 13.2. The number of nitriles is 1. The number of carbonyl (C=O) groups is 2. The second-order valence-corrected chi connectivity index (χ2v) is 7.39. The van der Waals surface area contributed by atoms with Gasteiger partial charge in [0.05, 0.1) is 4.90 Å². The summed E-state index contributed by atoms with van der Waals surface area (Å²) in [6.07, 6.45) is 1.26. The van der Waals surface area contributed by atoms with E-state index < -0.39 is 15.9 Å². The normalized spacial score (nSPS) is 11.4. The SMILES string of the molecule is CC(=O)c1cccc(NC(=O)/C(C#N)=C\NCc2ccc(S(N)(=O)=O)cc2)c1. The molecular weight excluding hydrogens is 380 g/mol. The lowest BCUT2D eigenvalue weighted by Gasteiger charge is -2.07. The lowest BCUT2D eigenvalue weighted by Crippen LogP contribution is -2.17. The van der Waals surface area contributed by atoms with Gasteiger partial charge in [0.1, 0.15) is 11.6 Å². The van der Waals surface area contributed by atoms with Crippen molar-refractivity contribution in [2.75, 3.05) is 5.32 Å². The van der Waals surface area contributed by atoms with Crippen LogP contribution in [-0.2, 0) is 21.4 Å². The third-order valence-corrected chi connectivity index (χ3v) is 4.63. The maximum Gasteiger partial charge on any atom is 0.267 e. The van der Waals surface area contributed by atoms with Gasteiger partial charge in [-0.05, 0) is 36.8 Å². The summed E-state index contributed by atoms with van der Waals surface area (Å²) >= 11 is 0. The van der Waals surface area contributed by atoms with E-state index in [2.05, 4.69) is 10.6 Å². The Labute approximate surface area is 162 Å². The number of primary sulfonamides is 1. The van der Waals surface area contributed by atoms with Gasteiger partial charge < -0.3 is 10.6 Å².